The number of carbonyl (C=O) groups excluding carboxylic acids is 2. The van der Waals surface area contributed by atoms with Crippen molar-refractivity contribution in [2.24, 2.45) is 0 Å². The highest BCUT2D eigenvalue weighted by molar-refractivity contribution is 6.21. The lowest BCUT2D eigenvalue weighted by atomic mass is 9.72. The van der Waals surface area contributed by atoms with Gasteiger partial charge in [-0.2, -0.15) is 0 Å². The van der Waals surface area contributed by atoms with Gasteiger partial charge in [0, 0.05) is 41.2 Å². The lowest BCUT2D eigenvalue weighted by Gasteiger charge is -2.37. The summed E-state index contributed by atoms with van der Waals surface area (Å²) < 4.78 is 16.7. The number of hydrogen-bond donors (Lipinski definition) is 6. The molecule has 1 aliphatic heterocycles. The first-order chi connectivity index (χ1) is 21.1. The molecule has 4 aromatic rings. The molecule has 2 aliphatic rings. The number of rotatable bonds is 4. The van der Waals surface area contributed by atoms with Crippen LogP contribution in [0.5, 0.6) is 34.5 Å². The summed E-state index contributed by atoms with van der Waals surface area (Å²) in [5.74, 6) is -2.74. The zero-order valence-corrected chi connectivity index (χ0v) is 25.7. The summed E-state index contributed by atoms with van der Waals surface area (Å²) in [6.07, 6.45) is -0.514. The Hall–Kier alpha value is -4.74. The van der Waals surface area contributed by atoms with Gasteiger partial charge in [-0.3, -0.25) is 4.79 Å². The third-order valence-corrected chi connectivity index (χ3v) is 9.20. The van der Waals surface area contributed by atoms with Crippen molar-refractivity contribution < 1.29 is 54.4 Å². The summed E-state index contributed by atoms with van der Waals surface area (Å²) in [6, 6.07) is 3.16. The molecule has 0 spiro atoms. The number of cyclic esters (lactones) is 1. The minimum atomic E-state index is -1.53. The molecule has 1 heterocycles. The number of methoxy groups -OCH3 is 2. The van der Waals surface area contributed by atoms with Crippen LogP contribution in [0.3, 0.4) is 0 Å². The number of phenols is 4. The van der Waals surface area contributed by atoms with Crippen molar-refractivity contribution in [2.45, 2.75) is 58.2 Å². The molecule has 0 saturated heterocycles. The van der Waals surface area contributed by atoms with E-state index in [9.17, 15) is 40.2 Å². The van der Waals surface area contributed by atoms with Gasteiger partial charge in [-0.15, -0.1) is 0 Å². The van der Waals surface area contributed by atoms with Crippen LogP contribution < -0.4 is 9.47 Å². The van der Waals surface area contributed by atoms with Crippen LogP contribution in [0.4, 0.5) is 0 Å². The number of esters is 1. The molecule has 0 fully saturated rings. The van der Waals surface area contributed by atoms with E-state index < -0.39 is 41.1 Å². The SMILES string of the molecule is COc1cc2c(-c3c4c(c(O)c5c(O)c(C)c(OC)cc35)C(=O)O[C@](C)(CO)C4)c3c(c(O)c2c(O)c1C)C(=O)C[C@](C)(O)C3. The summed E-state index contributed by atoms with van der Waals surface area (Å²) >= 11 is 0. The largest absolute Gasteiger partial charge is 0.507 e. The highest BCUT2D eigenvalue weighted by atomic mass is 16.6. The number of aromatic hydroxyl groups is 4. The van der Waals surface area contributed by atoms with Crippen molar-refractivity contribution in [1.82, 2.24) is 0 Å². The number of aliphatic hydroxyl groups is 2. The molecule has 236 valence electrons. The van der Waals surface area contributed by atoms with E-state index in [0.29, 0.717) is 5.56 Å². The Bertz CT molecular complexity index is 2010. The van der Waals surface area contributed by atoms with E-state index in [0.717, 1.165) is 0 Å². The predicted octanol–water partition coefficient (Wildman–Crippen LogP) is 4.46. The molecule has 6 rings (SSSR count). The van der Waals surface area contributed by atoms with Gasteiger partial charge in [0.25, 0.3) is 0 Å². The van der Waals surface area contributed by atoms with Gasteiger partial charge >= 0.3 is 5.97 Å². The summed E-state index contributed by atoms with van der Waals surface area (Å²) in [7, 11) is 2.82. The van der Waals surface area contributed by atoms with Crippen LogP contribution >= 0.6 is 0 Å². The molecule has 0 bridgehead atoms. The van der Waals surface area contributed by atoms with E-state index in [-0.39, 0.29) is 103 Å². The number of benzene rings is 4. The van der Waals surface area contributed by atoms with E-state index in [4.69, 9.17) is 14.2 Å². The molecule has 45 heavy (non-hydrogen) atoms. The zero-order chi connectivity index (χ0) is 32.9. The average Bonchev–Trinajstić information content (AvgIpc) is 2.96. The lowest BCUT2D eigenvalue weighted by molar-refractivity contribution is -0.0422. The topological polar surface area (TPSA) is 183 Å². The first-order valence-electron chi connectivity index (χ1n) is 14.4. The van der Waals surface area contributed by atoms with Crippen molar-refractivity contribution in [2.75, 3.05) is 20.8 Å². The van der Waals surface area contributed by atoms with Crippen molar-refractivity contribution in [1.29, 1.82) is 0 Å². The van der Waals surface area contributed by atoms with Crippen LogP contribution in [0, 0.1) is 13.8 Å². The van der Waals surface area contributed by atoms with Crippen LogP contribution in [0.2, 0.25) is 0 Å². The highest BCUT2D eigenvalue weighted by Gasteiger charge is 2.44. The molecule has 0 saturated carbocycles. The summed E-state index contributed by atoms with van der Waals surface area (Å²) in [6.45, 7) is 5.63. The van der Waals surface area contributed by atoms with E-state index in [1.54, 1.807) is 26.0 Å². The first kappa shape index (κ1) is 30.3. The van der Waals surface area contributed by atoms with E-state index in [1.165, 1.54) is 28.1 Å². The molecule has 11 heteroatoms. The monoisotopic (exact) mass is 618 g/mol. The molecular weight excluding hydrogens is 584 g/mol. The van der Waals surface area contributed by atoms with E-state index in [1.807, 2.05) is 0 Å². The number of aliphatic hydroxyl groups excluding tert-OH is 1. The second-order valence-electron chi connectivity index (χ2n) is 12.6. The number of hydrogen-bond acceptors (Lipinski definition) is 11. The molecule has 0 amide bonds. The molecule has 0 radical (unpaired) electrons. The molecule has 2 atom stereocenters. The minimum Gasteiger partial charge on any atom is -0.507 e. The van der Waals surface area contributed by atoms with Crippen LogP contribution in [0.1, 0.15) is 63.2 Å². The Balaban J connectivity index is 1.98. The fraction of sp³-hybridized carbons (Fsp3) is 0.353. The Morgan fingerprint density at radius 1 is 0.733 bits per heavy atom. The van der Waals surface area contributed by atoms with Crippen molar-refractivity contribution in [3.05, 3.63) is 45.5 Å². The summed E-state index contributed by atoms with van der Waals surface area (Å²) in [4.78, 5) is 27.2. The average molecular weight is 619 g/mol. The van der Waals surface area contributed by atoms with Gasteiger partial charge < -0.3 is 44.8 Å². The van der Waals surface area contributed by atoms with Gasteiger partial charge in [0.2, 0.25) is 0 Å². The van der Waals surface area contributed by atoms with Gasteiger partial charge in [0.15, 0.2) is 5.78 Å². The second kappa shape index (κ2) is 9.88. The predicted molar refractivity (Wildman–Crippen MR) is 164 cm³/mol. The Morgan fingerprint density at radius 2 is 1.20 bits per heavy atom. The van der Waals surface area contributed by atoms with Crippen LogP contribution in [-0.2, 0) is 17.6 Å². The molecule has 0 unspecified atom stereocenters. The van der Waals surface area contributed by atoms with Crippen molar-refractivity contribution >= 4 is 33.3 Å². The Morgan fingerprint density at radius 3 is 1.67 bits per heavy atom. The standard InChI is InChI=1S/C34H34O11/c1-13-20(43-5)7-15-22(17-9-33(3,42)11-19(36)24(17)30(39)25(15)28(13)37)23-16-8-21(44-6)14(2)29(38)26(16)31(40)27-18(23)10-34(4,12-35)45-32(27)41/h7-8,35,37-40,42H,9-12H2,1-6H3/t33-,34+/m1/s1. The zero-order valence-electron chi connectivity index (χ0n) is 25.7. The van der Waals surface area contributed by atoms with Gasteiger partial charge in [-0.1, -0.05) is 0 Å². The second-order valence-corrected chi connectivity index (χ2v) is 12.6. The number of phenolic OH excluding ortho intramolecular Hbond substituents is 4. The maximum Gasteiger partial charge on any atom is 0.342 e. The lowest BCUT2D eigenvalue weighted by Crippen LogP contribution is -2.42. The molecule has 11 nitrogen and oxygen atoms in total. The third-order valence-electron chi connectivity index (χ3n) is 9.20. The molecule has 6 N–H and O–H groups in total. The van der Waals surface area contributed by atoms with Crippen molar-refractivity contribution in [3.8, 4) is 45.6 Å². The van der Waals surface area contributed by atoms with Gasteiger partial charge in [-0.25, -0.2) is 4.79 Å². The van der Waals surface area contributed by atoms with Crippen LogP contribution in [0.15, 0.2) is 12.1 Å². The van der Waals surface area contributed by atoms with Crippen molar-refractivity contribution in [3.63, 3.8) is 0 Å². The fourth-order valence-electron chi connectivity index (χ4n) is 6.99. The smallest absolute Gasteiger partial charge is 0.342 e. The summed E-state index contributed by atoms with van der Waals surface area (Å²) in [5.41, 5.74) is -1.78. The first-order valence-corrected chi connectivity index (χ1v) is 14.4. The van der Waals surface area contributed by atoms with Crippen LogP contribution in [-0.4, -0.2) is 74.4 Å². The number of Topliss-reactive ketones (excluding diaryl/α,β-unsaturated/α-hetero) is 1. The van der Waals surface area contributed by atoms with Gasteiger partial charge in [0.05, 0.1) is 42.8 Å². The maximum absolute atomic E-state index is 13.6. The molecule has 1 aliphatic carbocycles. The minimum absolute atomic E-state index is 0.0569. The third kappa shape index (κ3) is 4.17. The van der Waals surface area contributed by atoms with Gasteiger partial charge in [-0.05, 0) is 62.1 Å². The number of carbonyl (C=O) groups is 2. The fourth-order valence-corrected chi connectivity index (χ4v) is 6.99. The van der Waals surface area contributed by atoms with Gasteiger partial charge in [0.1, 0.15) is 45.7 Å². The van der Waals surface area contributed by atoms with Crippen LogP contribution in [0.25, 0.3) is 32.7 Å². The number of ether oxygens (including phenoxy) is 3. The Kier molecular flexibility index (Phi) is 6.65. The summed E-state index contributed by atoms with van der Waals surface area (Å²) in [5, 5.41) is 67.8. The maximum atomic E-state index is 13.6. The molecular formula is C34H34O11. The Labute approximate surface area is 257 Å². The van der Waals surface area contributed by atoms with E-state index in [2.05, 4.69) is 0 Å². The molecule has 4 aromatic carbocycles. The quantitative estimate of drug-likeness (QED) is 0.178. The number of ketones is 1. The highest BCUT2D eigenvalue weighted by Crippen LogP contribution is 2.56. The normalized spacial score (nSPS) is 21.1. The van der Waals surface area contributed by atoms with E-state index >= 15 is 0 Å². The molecule has 0 aromatic heterocycles. The number of fused-ring (bicyclic) bond motifs is 4.